The summed E-state index contributed by atoms with van der Waals surface area (Å²) in [6.45, 7) is 9.30. The zero-order chi connectivity index (χ0) is 25.8. The number of unbranched alkanes of at least 4 members (excludes halogenated alkanes) is 3. The summed E-state index contributed by atoms with van der Waals surface area (Å²) in [6.07, 6.45) is 9.62. The van der Waals surface area contributed by atoms with Gasteiger partial charge in [0.2, 0.25) is 11.8 Å². The Morgan fingerprint density at radius 1 is 1.06 bits per heavy atom. The van der Waals surface area contributed by atoms with Gasteiger partial charge in [0.1, 0.15) is 0 Å². The average molecular weight is 479 g/mol. The molecular weight excluding hydrogens is 432 g/mol. The van der Waals surface area contributed by atoms with E-state index in [4.69, 9.17) is 20.9 Å². The summed E-state index contributed by atoms with van der Waals surface area (Å²) in [5, 5.41) is 5.55. The van der Waals surface area contributed by atoms with Gasteiger partial charge in [-0.2, -0.15) is 0 Å². The lowest BCUT2D eigenvalue weighted by Gasteiger charge is -2.18. The van der Waals surface area contributed by atoms with E-state index in [1.807, 2.05) is 12.1 Å². The van der Waals surface area contributed by atoms with Gasteiger partial charge in [-0.15, -0.1) is 0 Å². The summed E-state index contributed by atoms with van der Waals surface area (Å²) < 4.78 is 11.0. The minimum atomic E-state index is -0.541. The highest BCUT2D eigenvalue weighted by Crippen LogP contribution is 2.28. The smallest absolute Gasteiger partial charge is 0.236 e. The van der Waals surface area contributed by atoms with Crippen molar-refractivity contribution in [2.24, 2.45) is 17.4 Å². The Kier molecular flexibility index (Phi) is 18.3. The van der Waals surface area contributed by atoms with Crippen molar-refractivity contribution in [1.29, 1.82) is 0 Å². The number of nitrogens with two attached hydrogens (primary N) is 2. The summed E-state index contributed by atoms with van der Waals surface area (Å²) in [6, 6.07) is 5.42. The summed E-state index contributed by atoms with van der Waals surface area (Å²) in [4.78, 5) is 23.4. The van der Waals surface area contributed by atoms with Crippen molar-refractivity contribution in [3.63, 3.8) is 0 Å². The standard InChI is InChI=1S/C22H35N3O4.C4H11N/c1-16(2)9-7-5-6-8-10-21(26)24-15-18-11-12-19(20(13-18)28-4)29-17(3)25-22(27)14-23;1-2-3-4-5/h7,9,11-13,16-17H,5-6,8,10,14-15,23H2,1-4H3,(H,24,26)(H,25,27);2-5H2,1H3/b9-7+;. The van der Waals surface area contributed by atoms with Gasteiger partial charge in [-0.1, -0.05) is 45.4 Å². The molecule has 0 aliphatic heterocycles. The second kappa shape index (κ2) is 19.9. The molecule has 1 unspecified atom stereocenters. The molecule has 0 aromatic heterocycles. The van der Waals surface area contributed by atoms with Gasteiger partial charge >= 0.3 is 0 Å². The third-order valence-electron chi connectivity index (χ3n) is 4.67. The lowest BCUT2D eigenvalue weighted by Crippen LogP contribution is -2.40. The van der Waals surface area contributed by atoms with E-state index in [-0.39, 0.29) is 18.4 Å². The highest BCUT2D eigenvalue weighted by molar-refractivity contribution is 5.77. The van der Waals surface area contributed by atoms with Gasteiger partial charge in [0.05, 0.1) is 13.7 Å². The molecule has 0 saturated heterocycles. The van der Waals surface area contributed by atoms with Gasteiger partial charge in [-0.3, -0.25) is 9.59 Å². The zero-order valence-electron chi connectivity index (χ0n) is 21.7. The van der Waals surface area contributed by atoms with Crippen molar-refractivity contribution >= 4 is 11.8 Å². The van der Waals surface area contributed by atoms with Crippen LogP contribution in [0.3, 0.4) is 0 Å². The molecule has 0 spiro atoms. The van der Waals surface area contributed by atoms with E-state index < -0.39 is 6.23 Å². The van der Waals surface area contributed by atoms with E-state index in [9.17, 15) is 9.59 Å². The molecule has 1 aromatic rings. The van der Waals surface area contributed by atoms with Crippen LogP contribution in [0.4, 0.5) is 0 Å². The van der Waals surface area contributed by atoms with E-state index in [1.165, 1.54) is 12.8 Å². The van der Waals surface area contributed by atoms with Crippen molar-refractivity contribution in [3.05, 3.63) is 35.9 Å². The molecule has 0 heterocycles. The van der Waals surface area contributed by atoms with Gasteiger partial charge in [0.25, 0.3) is 0 Å². The van der Waals surface area contributed by atoms with E-state index in [2.05, 4.69) is 43.6 Å². The molecule has 0 aliphatic rings. The molecule has 0 aliphatic carbocycles. The van der Waals surface area contributed by atoms with Crippen molar-refractivity contribution in [2.45, 2.75) is 79.0 Å². The monoisotopic (exact) mass is 478 g/mol. The number of allylic oxidation sites excluding steroid dienone is 2. The molecule has 8 nitrogen and oxygen atoms in total. The van der Waals surface area contributed by atoms with Crippen LogP contribution in [-0.4, -0.2) is 38.2 Å². The largest absolute Gasteiger partial charge is 0.493 e. The van der Waals surface area contributed by atoms with Crippen LogP contribution in [0.5, 0.6) is 11.5 Å². The minimum absolute atomic E-state index is 0.0373. The Bertz CT molecular complexity index is 721. The van der Waals surface area contributed by atoms with E-state index in [0.29, 0.717) is 30.4 Å². The molecule has 0 saturated carbocycles. The summed E-state index contributed by atoms with van der Waals surface area (Å²) in [5.74, 6) is 1.34. The Morgan fingerprint density at radius 3 is 2.35 bits per heavy atom. The summed E-state index contributed by atoms with van der Waals surface area (Å²) >= 11 is 0. The van der Waals surface area contributed by atoms with Gasteiger partial charge < -0.3 is 31.6 Å². The fraction of sp³-hybridized carbons (Fsp3) is 0.615. The first-order valence-corrected chi connectivity index (χ1v) is 12.2. The lowest BCUT2D eigenvalue weighted by molar-refractivity contribution is -0.122. The second-order valence-corrected chi connectivity index (χ2v) is 8.35. The first-order valence-electron chi connectivity index (χ1n) is 12.2. The van der Waals surface area contributed by atoms with Crippen molar-refractivity contribution in [1.82, 2.24) is 10.6 Å². The molecule has 0 radical (unpaired) electrons. The molecule has 1 atom stereocenters. The number of ether oxygens (including phenoxy) is 2. The number of amides is 2. The predicted molar refractivity (Wildman–Crippen MR) is 139 cm³/mol. The number of carbonyl (C=O) groups is 2. The van der Waals surface area contributed by atoms with Gasteiger partial charge in [-0.25, -0.2) is 0 Å². The normalized spacial score (nSPS) is 11.5. The number of benzene rings is 1. The quantitative estimate of drug-likeness (QED) is 0.173. The van der Waals surface area contributed by atoms with Crippen LogP contribution in [0, 0.1) is 5.92 Å². The Hall–Kier alpha value is -2.58. The molecular formula is C26H46N4O4. The number of hydrogen-bond donors (Lipinski definition) is 4. The van der Waals surface area contributed by atoms with Gasteiger partial charge in [-0.05, 0) is 62.8 Å². The van der Waals surface area contributed by atoms with Crippen LogP contribution in [0.15, 0.2) is 30.4 Å². The number of methoxy groups -OCH3 is 1. The molecule has 194 valence electrons. The second-order valence-electron chi connectivity index (χ2n) is 8.35. The van der Waals surface area contributed by atoms with E-state index in [0.717, 1.165) is 31.4 Å². The predicted octanol–water partition coefficient (Wildman–Crippen LogP) is 3.63. The summed E-state index contributed by atoms with van der Waals surface area (Å²) in [5.41, 5.74) is 11.3. The highest BCUT2D eigenvalue weighted by atomic mass is 16.5. The first-order chi connectivity index (χ1) is 16.3. The molecule has 8 heteroatoms. The summed E-state index contributed by atoms with van der Waals surface area (Å²) in [7, 11) is 1.54. The maximum Gasteiger partial charge on any atom is 0.236 e. The van der Waals surface area contributed by atoms with Crippen molar-refractivity contribution in [2.75, 3.05) is 20.2 Å². The Balaban J connectivity index is 0.00000196. The minimum Gasteiger partial charge on any atom is -0.493 e. The molecule has 2 amide bonds. The van der Waals surface area contributed by atoms with Crippen LogP contribution in [0.25, 0.3) is 0 Å². The Labute approximate surface area is 205 Å². The highest BCUT2D eigenvalue weighted by Gasteiger charge is 2.12. The molecule has 34 heavy (non-hydrogen) atoms. The first kappa shape index (κ1) is 31.4. The van der Waals surface area contributed by atoms with E-state index >= 15 is 0 Å². The Morgan fingerprint density at radius 2 is 1.79 bits per heavy atom. The average Bonchev–Trinajstić information content (AvgIpc) is 2.81. The van der Waals surface area contributed by atoms with Gasteiger partial charge in [0, 0.05) is 13.0 Å². The van der Waals surface area contributed by atoms with Crippen molar-refractivity contribution in [3.8, 4) is 11.5 Å². The number of hydrogen-bond acceptors (Lipinski definition) is 6. The molecule has 0 bridgehead atoms. The maximum atomic E-state index is 12.0. The zero-order valence-corrected chi connectivity index (χ0v) is 21.7. The third kappa shape index (κ3) is 16.1. The fourth-order valence-electron chi connectivity index (χ4n) is 2.83. The van der Waals surface area contributed by atoms with Crippen LogP contribution in [0.2, 0.25) is 0 Å². The molecule has 1 aromatic carbocycles. The fourth-order valence-corrected chi connectivity index (χ4v) is 2.83. The topological polar surface area (TPSA) is 129 Å². The molecule has 1 rings (SSSR count). The van der Waals surface area contributed by atoms with Crippen LogP contribution < -0.4 is 31.6 Å². The molecule has 0 fully saturated rings. The number of nitrogens with one attached hydrogen (secondary N) is 2. The van der Waals surface area contributed by atoms with Gasteiger partial charge in [0.15, 0.2) is 17.7 Å². The van der Waals surface area contributed by atoms with Crippen molar-refractivity contribution < 1.29 is 19.1 Å². The van der Waals surface area contributed by atoms with Crippen LogP contribution in [-0.2, 0) is 16.1 Å². The SMILES string of the molecule is CCCCN.COc1cc(CNC(=O)CCCC/C=C/C(C)C)ccc1OC(C)NC(=O)CN. The third-order valence-corrected chi connectivity index (χ3v) is 4.67. The number of carbonyl (C=O) groups excluding carboxylic acids is 2. The lowest BCUT2D eigenvalue weighted by atomic mass is 10.1. The van der Waals surface area contributed by atoms with E-state index in [1.54, 1.807) is 20.1 Å². The van der Waals surface area contributed by atoms with Crippen LogP contribution >= 0.6 is 0 Å². The number of rotatable bonds is 15. The molecule has 6 N–H and O–H groups in total. The maximum absolute atomic E-state index is 12.0. The van der Waals surface area contributed by atoms with Crippen LogP contribution in [0.1, 0.15) is 71.8 Å².